The van der Waals surface area contributed by atoms with Crippen LogP contribution in [0.4, 0.5) is 0 Å². The van der Waals surface area contributed by atoms with Gasteiger partial charge in [-0.25, -0.2) is 4.68 Å². The van der Waals surface area contributed by atoms with E-state index in [4.69, 9.17) is 0 Å². The second kappa shape index (κ2) is 2.59. The Labute approximate surface area is 78.4 Å². The molecule has 1 fully saturated rings. The molecule has 5 nitrogen and oxygen atoms in total. The van der Waals surface area contributed by atoms with Gasteiger partial charge in [-0.15, -0.1) is 16.4 Å². The molecule has 3 rings (SSSR count). The highest BCUT2D eigenvalue weighted by atomic mass is 32.1. The Morgan fingerprint density at radius 1 is 1.54 bits per heavy atom. The summed E-state index contributed by atoms with van der Waals surface area (Å²) in [5.74, 6) is 0.580. The van der Waals surface area contributed by atoms with Crippen LogP contribution >= 0.6 is 11.3 Å². The molecule has 1 aliphatic carbocycles. The van der Waals surface area contributed by atoms with Crippen molar-refractivity contribution in [1.82, 2.24) is 25.2 Å². The average molecular weight is 193 g/mol. The Morgan fingerprint density at radius 3 is 3.23 bits per heavy atom. The second-order valence-electron chi connectivity index (χ2n) is 3.10. The summed E-state index contributed by atoms with van der Waals surface area (Å²) in [6, 6.07) is 0.454. The summed E-state index contributed by atoms with van der Waals surface area (Å²) in [7, 11) is 0. The van der Waals surface area contributed by atoms with Gasteiger partial charge in [0, 0.05) is 17.0 Å². The van der Waals surface area contributed by atoms with E-state index in [2.05, 4.69) is 20.5 Å². The molecular weight excluding hydrogens is 186 g/mol. The van der Waals surface area contributed by atoms with Crippen molar-refractivity contribution in [1.29, 1.82) is 0 Å². The van der Waals surface area contributed by atoms with Gasteiger partial charge in [0.25, 0.3) is 0 Å². The molecule has 66 valence electrons. The van der Waals surface area contributed by atoms with Crippen molar-refractivity contribution < 1.29 is 0 Å². The Morgan fingerprint density at radius 2 is 2.54 bits per heavy atom. The van der Waals surface area contributed by atoms with E-state index in [-0.39, 0.29) is 0 Å². The summed E-state index contributed by atoms with van der Waals surface area (Å²) in [6.45, 7) is 0. The molecule has 0 saturated heterocycles. The minimum atomic E-state index is 0.454. The van der Waals surface area contributed by atoms with Crippen LogP contribution in [-0.2, 0) is 0 Å². The van der Waals surface area contributed by atoms with E-state index >= 15 is 0 Å². The van der Waals surface area contributed by atoms with Crippen molar-refractivity contribution >= 4 is 11.3 Å². The minimum absolute atomic E-state index is 0.454. The van der Waals surface area contributed by atoms with E-state index in [1.165, 1.54) is 4.88 Å². The van der Waals surface area contributed by atoms with Gasteiger partial charge in [0.2, 0.25) is 0 Å². The number of rotatable bonds is 2. The van der Waals surface area contributed by atoms with Crippen LogP contribution in [0.2, 0.25) is 0 Å². The third kappa shape index (κ3) is 1.14. The van der Waals surface area contributed by atoms with Gasteiger partial charge in [-0.3, -0.25) is 4.98 Å². The van der Waals surface area contributed by atoms with Gasteiger partial charge < -0.3 is 0 Å². The number of nitrogens with zero attached hydrogens (tertiary/aromatic N) is 5. The summed E-state index contributed by atoms with van der Waals surface area (Å²) in [6.07, 6.45) is 4.73. The van der Waals surface area contributed by atoms with Crippen LogP contribution in [-0.4, -0.2) is 25.2 Å². The van der Waals surface area contributed by atoms with E-state index in [0.717, 1.165) is 6.42 Å². The highest BCUT2D eigenvalue weighted by molar-refractivity contribution is 7.09. The molecule has 2 aromatic heterocycles. The molecule has 1 aliphatic rings. The maximum absolute atomic E-state index is 4.06. The summed E-state index contributed by atoms with van der Waals surface area (Å²) in [5, 5.41) is 11.1. The lowest BCUT2D eigenvalue weighted by molar-refractivity contribution is 0.597. The molecule has 1 saturated carbocycles. The summed E-state index contributed by atoms with van der Waals surface area (Å²) >= 11 is 1.70. The largest absolute Gasteiger partial charge is 0.253 e. The van der Waals surface area contributed by atoms with Gasteiger partial charge in [0.1, 0.15) is 6.33 Å². The average Bonchev–Trinajstić information content (AvgIpc) is 2.67. The zero-order valence-electron chi connectivity index (χ0n) is 6.74. The molecule has 0 N–H and O–H groups in total. The Kier molecular flexibility index (Phi) is 1.42. The molecule has 13 heavy (non-hydrogen) atoms. The first-order valence-electron chi connectivity index (χ1n) is 4.06. The molecule has 0 aliphatic heterocycles. The molecule has 2 aromatic rings. The van der Waals surface area contributed by atoms with Crippen LogP contribution in [0.5, 0.6) is 0 Å². The van der Waals surface area contributed by atoms with Gasteiger partial charge in [-0.05, 0) is 16.8 Å². The fourth-order valence-electron chi connectivity index (χ4n) is 1.51. The summed E-state index contributed by atoms with van der Waals surface area (Å²) < 4.78 is 1.82. The van der Waals surface area contributed by atoms with Crippen molar-refractivity contribution in [3.05, 3.63) is 22.9 Å². The number of tetrazole rings is 1. The van der Waals surface area contributed by atoms with Crippen molar-refractivity contribution in [2.24, 2.45) is 0 Å². The first kappa shape index (κ1) is 7.14. The predicted octanol–water partition coefficient (Wildman–Crippen LogP) is 0.858. The third-order valence-corrected chi connectivity index (χ3v) is 3.19. The van der Waals surface area contributed by atoms with Crippen molar-refractivity contribution in [2.45, 2.75) is 18.4 Å². The quantitative estimate of drug-likeness (QED) is 0.709. The predicted molar refractivity (Wildman–Crippen MR) is 46.3 cm³/mol. The second-order valence-corrected chi connectivity index (χ2v) is 4.02. The fraction of sp³-hybridized carbons (Fsp3) is 0.429. The van der Waals surface area contributed by atoms with Crippen LogP contribution in [0.3, 0.4) is 0 Å². The standard InChI is InChI=1S/C7H7N5S/c1-5(7-2-8-4-13-7)6(1)12-3-9-10-11-12/h2-6H,1H2. The van der Waals surface area contributed by atoms with Crippen LogP contribution in [0.1, 0.15) is 23.3 Å². The molecule has 2 heterocycles. The normalized spacial score (nSPS) is 26.2. The maximum atomic E-state index is 4.06. The van der Waals surface area contributed by atoms with Crippen molar-refractivity contribution in [2.75, 3.05) is 0 Å². The first-order chi connectivity index (χ1) is 6.45. The van der Waals surface area contributed by atoms with Gasteiger partial charge in [-0.2, -0.15) is 0 Å². The fourth-order valence-corrected chi connectivity index (χ4v) is 2.30. The molecule has 6 heteroatoms. The van der Waals surface area contributed by atoms with E-state index in [1.807, 2.05) is 16.4 Å². The molecule has 0 amide bonds. The monoisotopic (exact) mass is 193 g/mol. The van der Waals surface area contributed by atoms with Gasteiger partial charge in [0.15, 0.2) is 0 Å². The highest BCUT2D eigenvalue weighted by Crippen LogP contribution is 2.51. The highest BCUT2D eigenvalue weighted by Gasteiger charge is 2.41. The molecule has 0 aromatic carbocycles. The first-order valence-corrected chi connectivity index (χ1v) is 4.94. The lowest BCUT2D eigenvalue weighted by Gasteiger charge is -1.93. The summed E-state index contributed by atoms with van der Waals surface area (Å²) in [5.41, 5.74) is 1.87. The Bertz CT molecular complexity index is 343. The van der Waals surface area contributed by atoms with Crippen LogP contribution in [0.25, 0.3) is 0 Å². The van der Waals surface area contributed by atoms with Crippen LogP contribution in [0, 0.1) is 0 Å². The molecule has 0 spiro atoms. The number of aromatic nitrogens is 5. The van der Waals surface area contributed by atoms with E-state index < -0.39 is 0 Å². The maximum Gasteiger partial charge on any atom is 0.138 e. The number of hydrogen-bond donors (Lipinski definition) is 0. The molecule has 2 atom stereocenters. The SMILES string of the molecule is c1ncc(C2CC2n2cnnn2)s1. The molecule has 0 bridgehead atoms. The smallest absolute Gasteiger partial charge is 0.138 e. The van der Waals surface area contributed by atoms with Crippen molar-refractivity contribution in [3.63, 3.8) is 0 Å². The number of thiazole rings is 1. The number of hydrogen-bond acceptors (Lipinski definition) is 5. The van der Waals surface area contributed by atoms with Crippen molar-refractivity contribution in [3.8, 4) is 0 Å². The zero-order chi connectivity index (χ0) is 8.67. The van der Waals surface area contributed by atoms with E-state index in [1.54, 1.807) is 17.7 Å². The van der Waals surface area contributed by atoms with E-state index in [0.29, 0.717) is 12.0 Å². The minimum Gasteiger partial charge on any atom is -0.253 e. The molecular formula is C7H7N5S. The lowest BCUT2D eigenvalue weighted by Crippen LogP contribution is -1.96. The van der Waals surface area contributed by atoms with Gasteiger partial charge in [-0.1, -0.05) is 0 Å². The Hall–Kier alpha value is -1.30. The van der Waals surface area contributed by atoms with Gasteiger partial charge >= 0.3 is 0 Å². The third-order valence-electron chi connectivity index (χ3n) is 2.28. The molecule has 2 unspecified atom stereocenters. The van der Waals surface area contributed by atoms with Crippen LogP contribution < -0.4 is 0 Å². The molecule has 0 radical (unpaired) electrons. The topological polar surface area (TPSA) is 56.5 Å². The van der Waals surface area contributed by atoms with Gasteiger partial charge in [0.05, 0.1) is 11.6 Å². The Balaban J connectivity index is 1.81. The van der Waals surface area contributed by atoms with Crippen LogP contribution in [0.15, 0.2) is 18.0 Å². The zero-order valence-corrected chi connectivity index (χ0v) is 7.55. The lowest BCUT2D eigenvalue weighted by atomic mass is 10.3. The summed E-state index contributed by atoms with van der Waals surface area (Å²) in [4.78, 5) is 5.39. The van der Waals surface area contributed by atoms with E-state index in [9.17, 15) is 0 Å².